The molecule has 1 aromatic rings. The molecule has 14 heavy (non-hydrogen) atoms. The number of esters is 1. The summed E-state index contributed by atoms with van der Waals surface area (Å²) in [6.07, 6.45) is 3.85. The number of nitrogens with zero attached hydrogens (tertiary/aromatic N) is 3. The Bertz CT molecular complexity index is 311. The summed E-state index contributed by atoms with van der Waals surface area (Å²) >= 11 is 0. The molecule has 0 radical (unpaired) electrons. The SMILES string of the molecule is COC(=O)[C@@H]1C[C@@H](n2cncn2)CN1. The van der Waals surface area contributed by atoms with Gasteiger partial charge < -0.3 is 10.1 Å². The lowest BCUT2D eigenvalue weighted by Crippen LogP contribution is -2.31. The predicted octanol–water partition coefficient (Wildman–Crippen LogP) is -0.646. The van der Waals surface area contributed by atoms with Gasteiger partial charge in [-0.25, -0.2) is 9.67 Å². The molecule has 0 aliphatic carbocycles. The second-order valence-corrected chi connectivity index (χ2v) is 3.25. The normalized spacial score (nSPS) is 26.4. The molecule has 6 heteroatoms. The average Bonchev–Trinajstić information content (AvgIpc) is 2.86. The van der Waals surface area contributed by atoms with Crippen molar-refractivity contribution in [3.63, 3.8) is 0 Å². The van der Waals surface area contributed by atoms with E-state index in [2.05, 4.69) is 20.1 Å². The molecule has 2 rings (SSSR count). The molecule has 1 fully saturated rings. The summed E-state index contributed by atoms with van der Waals surface area (Å²) in [5.74, 6) is -0.215. The second-order valence-electron chi connectivity index (χ2n) is 3.25. The van der Waals surface area contributed by atoms with E-state index >= 15 is 0 Å². The fourth-order valence-corrected chi connectivity index (χ4v) is 1.65. The van der Waals surface area contributed by atoms with E-state index in [1.807, 2.05) is 0 Å². The molecule has 1 aliphatic heterocycles. The van der Waals surface area contributed by atoms with Gasteiger partial charge in [0.2, 0.25) is 0 Å². The van der Waals surface area contributed by atoms with Crippen LogP contribution in [0.15, 0.2) is 12.7 Å². The van der Waals surface area contributed by atoms with Crippen LogP contribution >= 0.6 is 0 Å². The number of methoxy groups -OCH3 is 1. The van der Waals surface area contributed by atoms with Crippen molar-refractivity contribution in [1.29, 1.82) is 0 Å². The van der Waals surface area contributed by atoms with E-state index in [4.69, 9.17) is 0 Å². The summed E-state index contributed by atoms with van der Waals surface area (Å²) in [6, 6.07) is -0.0178. The third kappa shape index (κ3) is 1.60. The van der Waals surface area contributed by atoms with Gasteiger partial charge in [-0.15, -0.1) is 0 Å². The molecule has 0 unspecified atom stereocenters. The van der Waals surface area contributed by atoms with Gasteiger partial charge in [0.25, 0.3) is 0 Å². The van der Waals surface area contributed by atoms with Crippen LogP contribution in [0.2, 0.25) is 0 Å². The highest BCUT2D eigenvalue weighted by Gasteiger charge is 2.31. The summed E-state index contributed by atoms with van der Waals surface area (Å²) in [5, 5.41) is 7.11. The number of hydrogen-bond donors (Lipinski definition) is 1. The molecule has 1 N–H and O–H groups in total. The van der Waals surface area contributed by atoms with E-state index in [-0.39, 0.29) is 18.1 Å². The maximum Gasteiger partial charge on any atom is 0.322 e. The van der Waals surface area contributed by atoms with E-state index in [1.165, 1.54) is 13.4 Å². The van der Waals surface area contributed by atoms with Gasteiger partial charge in [-0.1, -0.05) is 0 Å². The molecule has 1 aliphatic rings. The highest BCUT2D eigenvalue weighted by molar-refractivity contribution is 5.76. The molecule has 1 aromatic heterocycles. The van der Waals surface area contributed by atoms with Crippen LogP contribution in [0.25, 0.3) is 0 Å². The van der Waals surface area contributed by atoms with Crippen LogP contribution in [0.1, 0.15) is 12.5 Å². The smallest absolute Gasteiger partial charge is 0.322 e. The van der Waals surface area contributed by atoms with Gasteiger partial charge in [-0.05, 0) is 6.42 Å². The van der Waals surface area contributed by atoms with Gasteiger partial charge in [0.1, 0.15) is 18.7 Å². The fourth-order valence-electron chi connectivity index (χ4n) is 1.65. The highest BCUT2D eigenvalue weighted by Crippen LogP contribution is 2.18. The monoisotopic (exact) mass is 196 g/mol. The van der Waals surface area contributed by atoms with Crippen LogP contribution in [0.4, 0.5) is 0 Å². The number of hydrogen-bond acceptors (Lipinski definition) is 5. The van der Waals surface area contributed by atoms with Crippen molar-refractivity contribution in [3.05, 3.63) is 12.7 Å². The Labute approximate surface area is 81.3 Å². The lowest BCUT2D eigenvalue weighted by Gasteiger charge is -2.08. The van der Waals surface area contributed by atoms with Crippen molar-refractivity contribution < 1.29 is 9.53 Å². The molecular formula is C8H12N4O2. The largest absolute Gasteiger partial charge is 0.468 e. The predicted molar refractivity (Wildman–Crippen MR) is 47.5 cm³/mol. The first-order chi connectivity index (χ1) is 6.81. The summed E-state index contributed by atoms with van der Waals surface area (Å²) in [7, 11) is 1.40. The molecule has 6 nitrogen and oxygen atoms in total. The van der Waals surface area contributed by atoms with Crippen molar-refractivity contribution in [2.45, 2.75) is 18.5 Å². The lowest BCUT2D eigenvalue weighted by molar-refractivity contribution is -0.142. The number of ether oxygens (including phenoxy) is 1. The zero-order valence-electron chi connectivity index (χ0n) is 7.88. The fraction of sp³-hybridized carbons (Fsp3) is 0.625. The Morgan fingerprint density at radius 2 is 2.57 bits per heavy atom. The minimum atomic E-state index is -0.215. The Kier molecular flexibility index (Phi) is 2.45. The quantitative estimate of drug-likeness (QED) is 0.637. The third-order valence-corrected chi connectivity index (χ3v) is 2.40. The molecule has 2 heterocycles. The molecule has 0 aromatic carbocycles. The Balaban J connectivity index is 1.98. The molecule has 76 valence electrons. The van der Waals surface area contributed by atoms with Gasteiger partial charge in [0.15, 0.2) is 0 Å². The first-order valence-electron chi connectivity index (χ1n) is 4.46. The Hall–Kier alpha value is -1.43. The zero-order chi connectivity index (χ0) is 9.97. The highest BCUT2D eigenvalue weighted by atomic mass is 16.5. The second kappa shape index (κ2) is 3.75. The standard InChI is InChI=1S/C8H12N4O2/c1-14-8(13)7-2-6(3-10-7)12-5-9-4-11-12/h4-7,10H,2-3H2,1H3/t6-,7+/m1/s1. The molecular weight excluding hydrogens is 184 g/mol. The topological polar surface area (TPSA) is 69.0 Å². The summed E-state index contributed by atoms with van der Waals surface area (Å²) in [5.41, 5.74) is 0. The van der Waals surface area contributed by atoms with E-state index in [0.717, 1.165) is 6.54 Å². The first kappa shape index (κ1) is 9.14. The van der Waals surface area contributed by atoms with Gasteiger partial charge in [0, 0.05) is 6.54 Å². The molecule has 2 atom stereocenters. The summed E-state index contributed by atoms with van der Waals surface area (Å²) in [6.45, 7) is 0.725. The molecule has 1 saturated heterocycles. The van der Waals surface area contributed by atoms with Crippen molar-refractivity contribution >= 4 is 5.97 Å². The third-order valence-electron chi connectivity index (χ3n) is 2.40. The van der Waals surface area contributed by atoms with Crippen LogP contribution in [0.5, 0.6) is 0 Å². The van der Waals surface area contributed by atoms with Gasteiger partial charge >= 0.3 is 5.97 Å². The number of rotatable bonds is 2. The van der Waals surface area contributed by atoms with Crippen molar-refractivity contribution in [3.8, 4) is 0 Å². The van der Waals surface area contributed by atoms with Crippen molar-refractivity contribution in [1.82, 2.24) is 20.1 Å². The van der Waals surface area contributed by atoms with Gasteiger partial charge in [-0.3, -0.25) is 4.79 Å². The summed E-state index contributed by atoms with van der Waals surface area (Å²) < 4.78 is 6.41. The minimum absolute atomic E-state index is 0.196. The molecule has 0 spiro atoms. The number of nitrogens with one attached hydrogen (secondary N) is 1. The van der Waals surface area contributed by atoms with E-state index < -0.39 is 0 Å². The van der Waals surface area contributed by atoms with E-state index in [1.54, 1.807) is 11.0 Å². The average molecular weight is 196 g/mol. The molecule has 0 saturated carbocycles. The maximum atomic E-state index is 11.2. The van der Waals surface area contributed by atoms with E-state index in [9.17, 15) is 4.79 Å². The zero-order valence-corrected chi connectivity index (χ0v) is 7.88. The molecule has 0 amide bonds. The lowest BCUT2D eigenvalue weighted by atomic mass is 10.2. The van der Waals surface area contributed by atoms with Crippen LogP contribution < -0.4 is 5.32 Å². The van der Waals surface area contributed by atoms with E-state index in [0.29, 0.717) is 6.42 Å². The molecule has 0 bridgehead atoms. The number of carbonyl (C=O) groups is 1. The van der Waals surface area contributed by atoms with Gasteiger partial charge in [-0.2, -0.15) is 5.10 Å². The van der Waals surface area contributed by atoms with Crippen molar-refractivity contribution in [2.24, 2.45) is 0 Å². The van der Waals surface area contributed by atoms with Crippen LogP contribution in [0.3, 0.4) is 0 Å². The van der Waals surface area contributed by atoms with Crippen LogP contribution in [-0.4, -0.2) is 40.4 Å². The number of carbonyl (C=O) groups excluding carboxylic acids is 1. The number of aromatic nitrogens is 3. The Morgan fingerprint density at radius 1 is 1.71 bits per heavy atom. The first-order valence-corrected chi connectivity index (χ1v) is 4.46. The maximum absolute atomic E-state index is 11.2. The minimum Gasteiger partial charge on any atom is -0.468 e. The van der Waals surface area contributed by atoms with Gasteiger partial charge in [0.05, 0.1) is 13.2 Å². The van der Waals surface area contributed by atoms with Crippen LogP contribution in [-0.2, 0) is 9.53 Å². The summed E-state index contributed by atoms with van der Waals surface area (Å²) in [4.78, 5) is 15.1. The van der Waals surface area contributed by atoms with Crippen molar-refractivity contribution in [2.75, 3.05) is 13.7 Å². The Morgan fingerprint density at radius 3 is 3.21 bits per heavy atom. The van der Waals surface area contributed by atoms with Crippen LogP contribution in [0, 0.1) is 0 Å².